The summed E-state index contributed by atoms with van der Waals surface area (Å²) in [7, 11) is 0. The van der Waals surface area contributed by atoms with E-state index in [-0.39, 0.29) is 0 Å². The molecule has 1 N–H and O–H groups in total. The third-order valence-electron chi connectivity index (χ3n) is 2.88. The molecule has 0 spiro atoms. The largest absolute Gasteiger partial charge is 0.455 e. The Morgan fingerprint density at radius 2 is 2.00 bits per heavy atom. The van der Waals surface area contributed by atoms with Gasteiger partial charge in [-0.25, -0.2) is 0 Å². The van der Waals surface area contributed by atoms with Gasteiger partial charge in [0.15, 0.2) is 0 Å². The van der Waals surface area contributed by atoms with E-state index in [0.717, 1.165) is 32.2 Å². The van der Waals surface area contributed by atoms with Crippen LogP contribution in [0.5, 0.6) is 0 Å². The lowest BCUT2D eigenvalue weighted by molar-refractivity contribution is -0.153. The first-order valence-corrected chi connectivity index (χ1v) is 5.56. The maximum Gasteiger partial charge on any atom is 0.449 e. The first kappa shape index (κ1) is 12.4. The van der Waals surface area contributed by atoms with Gasteiger partial charge in [-0.3, -0.25) is 4.90 Å². The Bertz CT molecular complexity index is 381. The van der Waals surface area contributed by atoms with Crippen LogP contribution < -0.4 is 5.32 Å². The number of hydrogen-bond acceptors (Lipinski definition) is 3. The molecule has 0 radical (unpaired) electrons. The third kappa shape index (κ3) is 3.01. The van der Waals surface area contributed by atoms with Crippen LogP contribution in [0.15, 0.2) is 10.5 Å². The van der Waals surface area contributed by atoms with E-state index in [0.29, 0.717) is 17.9 Å². The van der Waals surface area contributed by atoms with E-state index >= 15 is 0 Å². The van der Waals surface area contributed by atoms with Gasteiger partial charge in [0.1, 0.15) is 5.76 Å². The van der Waals surface area contributed by atoms with Gasteiger partial charge >= 0.3 is 6.18 Å². The maximum absolute atomic E-state index is 12.4. The molecule has 1 aliphatic rings. The Morgan fingerprint density at radius 3 is 2.53 bits per heavy atom. The molecule has 1 aromatic rings. The van der Waals surface area contributed by atoms with Gasteiger partial charge in [0.05, 0.1) is 6.54 Å². The van der Waals surface area contributed by atoms with E-state index in [2.05, 4.69) is 10.2 Å². The highest BCUT2D eigenvalue weighted by Gasteiger charge is 2.35. The first-order valence-electron chi connectivity index (χ1n) is 5.56. The van der Waals surface area contributed by atoms with Crippen molar-refractivity contribution in [3.05, 3.63) is 23.2 Å². The summed E-state index contributed by atoms with van der Waals surface area (Å²) in [6, 6.07) is 1.07. The lowest BCUT2D eigenvalue weighted by atomic mass is 10.2. The topological polar surface area (TPSA) is 28.4 Å². The van der Waals surface area contributed by atoms with Gasteiger partial charge in [0, 0.05) is 26.2 Å². The normalized spacial score (nSPS) is 18.6. The van der Waals surface area contributed by atoms with E-state index in [1.54, 1.807) is 6.92 Å². The molecule has 3 nitrogen and oxygen atoms in total. The number of halogens is 3. The molecular weight excluding hydrogens is 233 g/mol. The molecule has 0 bridgehead atoms. The van der Waals surface area contributed by atoms with Gasteiger partial charge in [-0.15, -0.1) is 0 Å². The minimum absolute atomic E-state index is 0.416. The Hall–Kier alpha value is -1.01. The molecule has 0 saturated carbocycles. The van der Waals surface area contributed by atoms with E-state index in [4.69, 9.17) is 4.42 Å². The van der Waals surface area contributed by atoms with E-state index in [1.165, 1.54) is 0 Å². The molecule has 0 unspecified atom stereocenters. The number of alkyl halides is 3. The standard InChI is InChI=1S/C11H15F3N2O/c1-8-6-10(11(12,13)14)17-9(8)7-16-4-2-15-3-5-16/h6,15H,2-5,7H2,1H3. The molecule has 2 rings (SSSR count). The zero-order valence-electron chi connectivity index (χ0n) is 9.60. The Morgan fingerprint density at radius 1 is 1.35 bits per heavy atom. The van der Waals surface area contributed by atoms with Gasteiger partial charge in [-0.05, 0) is 18.6 Å². The number of nitrogens with one attached hydrogen (secondary N) is 1. The summed E-state index contributed by atoms with van der Waals surface area (Å²) in [6.07, 6.45) is -4.40. The smallest absolute Gasteiger partial charge is 0.449 e. The van der Waals surface area contributed by atoms with Crippen molar-refractivity contribution >= 4 is 0 Å². The van der Waals surface area contributed by atoms with Crippen LogP contribution in [-0.4, -0.2) is 31.1 Å². The second-order valence-electron chi connectivity index (χ2n) is 4.24. The summed E-state index contributed by atoms with van der Waals surface area (Å²) >= 11 is 0. The molecule has 0 amide bonds. The first-order chi connectivity index (χ1) is 7.97. The van der Waals surface area contributed by atoms with Gasteiger partial charge in [-0.2, -0.15) is 13.2 Å². The van der Waals surface area contributed by atoms with E-state index in [1.807, 2.05) is 0 Å². The van der Waals surface area contributed by atoms with Crippen LogP contribution in [0.25, 0.3) is 0 Å². The van der Waals surface area contributed by atoms with Crippen molar-refractivity contribution in [2.45, 2.75) is 19.6 Å². The molecule has 0 aromatic carbocycles. The second-order valence-corrected chi connectivity index (χ2v) is 4.24. The van der Waals surface area contributed by atoms with E-state index < -0.39 is 11.9 Å². The molecule has 96 valence electrons. The van der Waals surface area contributed by atoms with Crippen molar-refractivity contribution in [1.29, 1.82) is 0 Å². The van der Waals surface area contributed by atoms with Crippen LogP contribution in [0.2, 0.25) is 0 Å². The number of hydrogen-bond donors (Lipinski definition) is 1. The summed E-state index contributed by atoms with van der Waals surface area (Å²) in [6.45, 7) is 5.50. The number of piperazine rings is 1. The fraction of sp³-hybridized carbons (Fsp3) is 0.636. The SMILES string of the molecule is Cc1cc(C(F)(F)F)oc1CN1CCNCC1. The predicted octanol–water partition coefficient (Wildman–Crippen LogP) is 2.01. The third-order valence-corrected chi connectivity index (χ3v) is 2.88. The van der Waals surface area contributed by atoms with Crippen LogP contribution in [0.3, 0.4) is 0 Å². The summed E-state index contributed by atoms with van der Waals surface area (Å²) < 4.78 is 42.2. The maximum atomic E-state index is 12.4. The molecule has 17 heavy (non-hydrogen) atoms. The second kappa shape index (κ2) is 4.70. The Kier molecular flexibility index (Phi) is 3.44. The fourth-order valence-corrected chi connectivity index (χ4v) is 1.89. The van der Waals surface area contributed by atoms with Gasteiger partial charge in [0.25, 0.3) is 0 Å². The number of furan rings is 1. The zero-order valence-corrected chi connectivity index (χ0v) is 9.60. The predicted molar refractivity (Wildman–Crippen MR) is 56.6 cm³/mol. The molecule has 1 fully saturated rings. The van der Waals surface area contributed by atoms with Crippen molar-refractivity contribution in [1.82, 2.24) is 10.2 Å². The minimum Gasteiger partial charge on any atom is -0.455 e. The highest BCUT2D eigenvalue weighted by atomic mass is 19.4. The van der Waals surface area contributed by atoms with Crippen LogP contribution in [-0.2, 0) is 12.7 Å². The monoisotopic (exact) mass is 248 g/mol. The quantitative estimate of drug-likeness (QED) is 0.868. The van der Waals surface area contributed by atoms with Crippen molar-refractivity contribution in [3.63, 3.8) is 0 Å². The van der Waals surface area contributed by atoms with Crippen molar-refractivity contribution in [3.8, 4) is 0 Å². The summed E-state index contributed by atoms with van der Waals surface area (Å²) in [4.78, 5) is 2.09. The van der Waals surface area contributed by atoms with Gasteiger partial charge < -0.3 is 9.73 Å². The molecular formula is C11H15F3N2O. The van der Waals surface area contributed by atoms with Crippen molar-refractivity contribution in [2.75, 3.05) is 26.2 Å². The molecule has 1 aromatic heterocycles. The number of rotatable bonds is 2. The number of nitrogens with zero attached hydrogens (tertiary/aromatic N) is 1. The Balaban J connectivity index is 2.07. The molecule has 0 aliphatic carbocycles. The number of aryl methyl sites for hydroxylation is 1. The molecule has 0 atom stereocenters. The molecule has 1 saturated heterocycles. The lowest BCUT2D eigenvalue weighted by Crippen LogP contribution is -2.42. The Labute approximate surface area is 97.6 Å². The van der Waals surface area contributed by atoms with E-state index in [9.17, 15) is 13.2 Å². The highest BCUT2D eigenvalue weighted by molar-refractivity contribution is 5.21. The minimum atomic E-state index is -4.40. The van der Waals surface area contributed by atoms with Crippen molar-refractivity contribution < 1.29 is 17.6 Å². The van der Waals surface area contributed by atoms with Crippen LogP contribution >= 0.6 is 0 Å². The highest BCUT2D eigenvalue weighted by Crippen LogP contribution is 2.32. The summed E-state index contributed by atoms with van der Waals surface area (Å²) in [5, 5.41) is 3.19. The lowest BCUT2D eigenvalue weighted by Gasteiger charge is -2.26. The molecule has 1 aliphatic heterocycles. The van der Waals surface area contributed by atoms with Gasteiger partial charge in [0.2, 0.25) is 5.76 Å². The van der Waals surface area contributed by atoms with Crippen LogP contribution in [0, 0.1) is 6.92 Å². The molecule has 6 heteroatoms. The summed E-state index contributed by atoms with van der Waals surface area (Å²) in [5.41, 5.74) is 0.566. The van der Waals surface area contributed by atoms with Crippen LogP contribution in [0.1, 0.15) is 17.1 Å². The van der Waals surface area contributed by atoms with Crippen molar-refractivity contribution in [2.24, 2.45) is 0 Å². The van der Waals surface area contributed by atoms with Crippen LogP contribution in [0.4, 0.5) is 13.2 Å². The zero-order chi connectivity index (χ0) is 12.5. The average molecular weight is 248 g/mol. The molecule has 2 heterocycles. The summed E-state index contributed by atoms with van der Waals surface area (Å²) in [5.74, 6) is -0.487. The average Bonchev–Trinajstić information content (AvgIpc) is 2.62. The fourth-order valence-electron chi connectivity index (χ4n) is 1.89. The van der Waals surface area contributed by atoms with Gasteiger partial charge in [-0.1, -0.05) is 0 Å².